The van der Waals surface area contributed by atoms with Crippen LogP contribution in [0.5, 0.6) is 0 Å². The third-order valence-corrected chi connectivity index (χ3v) is 6.21. The number of nitrogens with one attached hydrogen (secondary N) is 2. The van der Waals surface area contributed by atoms with Crippen LogP contribution in [0.25, 0.3) is 0 Å². The molecule has 0 bridgehead atoms. The van der Waals surface area contributed by atoms with Crippen molar-refractivity contribution in [1.29, 1.82) is 0 Å². The van der Waals surface area contributed by atoms with Gasteiger partial charge in [-0.2, -0.15) is 0 Å². The van der Waals surface area contributed by atoms with Crippen molar-refractivity contribution < 1.29 is 13.5 Å². The number of benzene rings is 1. The molecule has 7 nitrogen and oxygen atoms in total. The number of guanidine groups is 1. The Morgan fingerprint density at radius 3 is 2.48 bits per heavy atom. The van der Waals surface area contributed by atoms with Gasteiger partial charge in [0.1, 0.15) is 0 Å². The van der Waals surface area contributed by atoms with Crippen molar-refractivity contribution in [1.82, 2.24) is 14.9 Å². The van der Waals surface area contributed by atoms with E-state index >= 15 is 0 Å². The largest absolute Gasteiger partial charge is 0.396 e. The molecule has 27 heavy (non-hydrogen) atoms. The Morgan fingerprint density at radius 1 is 1.26 bits per heavy atom. The van der Waals surface area contributed by atoms with E-state index in [0.717, 1.165) is 37.5 Å². The minimum atomic E-state index is -3.08. The fraction of sp³-hybridized carbons (Fsp3) is 0.632. The Hall–Kier alpha value is -1.64. The quantitative estimate of drug-likeness (QED) is 0.450. The van der Waals surface area contributed by atoms with Crippen LogP contribution in [0.4, 0.5) is 0 Å². The number of sulfonamides is 1. The Bertz CT molecular complexity index is 686. The molecule has 0 saturated carbocycles. The van der Waals surface area contributed by atoms with E-state index in [4.69, 9.17) is 0 Å². The Labute approximate surface area is 162 Å². The van der Waals surface area contributed by atoms with E-state index in [1.165, 1.54) is 6.26 Å². The summed E-state index contributed by atoms with van der Waals surface area (Å²) >= 11 is 0. The molecule has 1 aromatic carbocycles. The van der Waals surface area contributed by atoms with Gasteiger partial charge in [-0.05, 0) is 31.2 Å². The zero-order chi connectivity index (χ0) is 19.7. The summed E-state index contributed by atoms with van der Waals surface area (Å²) in [4.78, 5) is 4.63. The number of hydrogen-bond acceptors (Lipinski definition) is 4. The molecule has 8 heteroatoms. The van der Waals surface area contributed by atoms with Crippen molar-refractivity contribution in [3.05, 3.63) is 35.9 Å². The average molecular weight is 397 g/mol. The van der Waals surface area contributed by atoms with Crippen LogP contribution in [0.2, 0.25) is 0 Å². The van der Waals surface area contributed by atoms with Gasteiger partial charge in [-0.25, -0.2) is 12.7 Å². The van der Waals surface area contributed by atoms with Crippen molar-refractivity contribution in [3.8, 4) is 0 Å². The molecule has 152 valence electrons. The third-order valence-electron chi connectivity index (χ3n) is 4.91. The molecule has 3 N–H and O–H groups in total. The first-order chi connectivity index (χ1) is 12.9. The number of aliphatic imine (C=N–C) groups is 1. The molecule has 1 saturated heterocycles. The predicted molar refractivity (Wildman–Crippen MR) is 109 cm³/mol. The van der Waals surface area contributed by atoms with Crippen molar-refractivity contribution in [2.75, 3.05) is 45.6 Å². The van der Waals surface area contributed by atoms with E-state index in [-0.39, 0.29) is 12.5 Å². The van der Waals surface area contributed by atoms with Gasteiger partial charge in [-0.3, -0.25) is 4.99 Å². The zero-order valence-electron chi connectivity index (χ0n) is 16.3. The molecule has 0 amide bonds. The van der Waals surface area contributed by atoms with Gasteiger partial charge in [0.2, 0.25) is 10.0 Å². The van der Waals surface area contributed by atoms with E-state index in [1.807, 2.05) is 37.3 Å². The molecule has 1 heterocycles. The maximum Gasteiger partial charge on any atom is 0.211 e. The van der Waals surface area contributed by atoms with Gasteiger partial charge in [0.05, 0.1) is 19.4 Å². The fourth-order valence-corrected chi connectivity index (χ4v) is 4.10. The van der Waals surface area contributed by atoms with E-state index in [1.54, 1.807) is 4.31 Å². The van der Waals surface area contributed by atoms with Crippen molar-refractivity contribution in [2.45, 2.75) is 25.7 Å². The van der Waals surface area contributed by atoms with E-state index < -0.39 is 10.0 Å². The first-order valence-electron chi connectivity index (χ1n) is 9.57. The first-order valence-corrected chi connectivity index (χ1v) is 11.4. The lowest BCUT2D eigenvalue weighted by molar-refractivity contribution is 0.267. The molecule has 0 aliphatic carbocycles. The molecule has 0 aromatic heterocycles. The molecule has 1 aromatic rings. The molecule has 1 aliphatic rings. The third kappa shape index (κ3) is 7.12. The molecular formula is C19H32N4O3S. The summed E-state index contributed by atoms with van der Waals surface area (Å²) in [6, 6.07) is 9.91. The Kier molecular flexibility index (Phi) is 8.53. The molecule has 1 atom stereocenters. The summed E-state index contributed by atoms with van der Waals surface area (Å²) in [5.74, 6) is 1.13. The van der Waals surface area contributed by atoms with E-state index in [0.29, 0.717) is 25.6 Å². The van der Waals surface area contributed by atoms with Crippen LogP contribution in [0.3, 0.4) is 0 Å². The second-order valence-electron chi connectivity index (χ2n) is 7.00. The first kappa shape index (κ1) is 21.7. The van der Waals surface area contributed by atoms with Crippen LogP contribution in [-0.4, -0.2) is 69.4 Å². The van der Waals surface area contributed by atoms with Gasteiger partial charge in [0.25, 0.3) is 0 Å². The van der Waals surface area contributed by atoms with Crippen LogP contribution in [0, 0.1) is 5.92 Å². The highest BCUT2D eigenvalue weighted by atomic mass is 32.2. The maximum absolute atomic E-state index is 11.6. The Balaban J connectivity index is 1.87. The van der Waals surface area contributed by atoms with Gasteiger partial charge >= 0.3 is 0 Å². The van der Waals surface area contributed by atoms with Crippen molar-refractivity contribution in [2.24, 2.45) is 10.9 Å². The van der Waals surface area contributed by atoms with Crippen molar-refractivity contribution in [3.63, 3.8) is 0 Å². The van der Waals surface area contributed by atoms with Crippen LogP contribution < -0.4 is 10.6 Å². The second kappa shape index (κ2) is 10.6. The molecular weight excluding hydrogens is 364 g/mol. The summed E-state index contributed by atoms with van der Waals surface area (Å²) in [6.07, 6.45) is 2.97. The second-order valence-corrected chi connectivity index (χ2v) is 8.98. The number of aliphatic hydroxyl groups is 1. The number of piperidine rings is 1. The highest BCUT2D eigenvalue weighted by Crippen LogP contribution is 2.18. The number of hydrogen-bond donors (Lipinski definition) is 3. The fourth-order valence-electron chi connectivity index (χ4n) is 3.22. The lowest BCUT2D eigenvalue weighted by Gasteiger charge is -2.30. The topological polar surface area (TPSA) is 94.0 Å². The van der Waals surface area contributed by atoms with E-state index in [9.17, 15) is 13.5 Å². The molecule has 0 radical (unpaired) electrons. The molecule has 1 aliphatic heterocycles. The summed E-state index contributed by atoms with van der Waals surface area (Å²) in [5.41, 5.74) is 1.08. The summed E-state index contributed by atoms with van der Waals surface area (Å²) < 4.78 is 24.7. The molecule has 2 rings (SSSR count). The highest BCUT2D eigenvalue weighted by molar-refractivity contribution is 7.88. The van der Waals surface area contributed by atoms with Crippen molar-refractivity contribution >= 4 is 16.0 Å². The van der Waals surface area contributed by atoms with Crippen LogP contribution >= 0.6 is 0 Å². The van der Waals surface area contributed by atoms with Gasteiger partial charge in [0, 0.05) is 32.1 Å². The minimum absolute atomic E-state index is 0.0281. The standard InChI is InChI=1S/C19H32N4O3S/c1-3-20-19(22-14-18(15-24)17-7-5-4-6-8-17)21-13-16-9-11-23(12-10-16)27(2,25)26/h4-8,16,18,24H,3,9-15H2,1-2H3,(H2,20,21,22). The number of rotatable bonds is 8. The van der Waals surface area contributed by atoms with Gasteiger partial charge in [0.15, 0.2) is 5.96 Å². The highest BCUT2D eigenvalue weighted by Gasteiger charge is 2.24. The summed E-state index contributed by atoms with van der Waals surface area (Å²) in [6.45, 7) is 5.26. The number of nitrogens with zero attached hydrogens (tertiary/aromatic N) is 2. The zero-order valence-corrected chi connectivity index (χ0v) is 17.1. The lowest BCUT2D eigenvalue weighted by atomic mass is 9.98. The smallest absolute Gasteiger partial charge is 0.211 e. The maximum atomic E-state index is 11.6. The van der Waals surface area contributed by atoms with Gasteiger partial charge in [-0.1, -0.05) is 30.3 Å². The average Bonchev–Trinajstić information content (AvgIpc) is 2.67. The van der Waals surface area contributed by atoms with Crippen LogP contribution in [0.1, 0.15) is 31.2 Å². The summed E-state index contributed by atoms with van der Waals surface area (Å²) in [7, 11) is -3.08. The van der Waals surface area contributed by atoms with Crippen LogP contribution in [-0.2, 0) is 10.0 Å². The molecule has 1 fully saturated rings. The van der Waals surface area contributed by atoms with E-state index in [2.05, 4.69) is 15.6 Å². The summed E-state index contributed by atoms with van der Waals surface area (Å²) in [5, 5.41) is 16.3. The SMILES string of the molecule is CCNC(=NCC(CO)c1ccccc1)NCC1CCN(S(C)(=O)=O)CC1. The van der Waals surface area contributed by atoms with Gasteiger partial charge < -0.3 is 15.7 Å². The monoisotopic (exact) mass is 396 g/mol. The lowest BCUT2D eigenvalue weighted by Crippen LogP contribution is -2.44. The molecule has 0 spiro atoms. The number of aliphatic hydroxyl groups excluding tert-OH is 1. The Morgan fingerprint density at radius 2 is 1.93 bits per heavy atom. The predicted octanol–water partition coefficient (Wildman–Crippen LogP) is 0.989. The van der Waals surface area contributed by atoms with Crippen LogP contribution in [0.15, 0.2) is 35.3 Å². The van der Waals surface area contributed by atoms with Gasteiger partial charge in [-0.15, -0.1) is 0 Å². The molecule has 1 unspecified atom stereocenters. The minimum Gasteiger partial charge on any atom is -0.396 e. The normalized spacial score (nSPS) is 18.3.